The lowest BCUT2D eigenvalue weighted by Gasteiger charge is -2.26. The normalized spacial score (nSPS) is 19.5. The van der Waals surface area contributed by atoms with Crippen molar-refractivity contribution in [1.29, 1.82) is 0 Å². The fraction of sp³-hybridized carbons (Fsp3) is 0.409. The number of anilines is 1. The van der Waals surface area contributed by atoms with Gasteiger partial charge >= 0.3 is 0 Å². The third-order valence-corrected chi connectivity index (χ3v) is 7.87. The summed E-state index contributed by atoms with van der Waals surface area (Å²) in [4.78, 5) is 14.7. The summed E-state index contributed by atoms with van der Waals surface area (Å²) in [6.07, 6.45) is 3.60. The number of nitrogens with zero attached hydrogens (tertiary/aromatic N) is 2. The predicted molar refractivity (Wildman–Crippen MR) is 117 cm³/mol. The number of fused-ring (bicyclic) bond motifs is 1. The lowest BCUT2D eigenvalue weighted by Crippen LogP contribution is -2.39. The van der Waals surface area contributed by atoms with Crippen LogP contribution < -0.4 is 9.64 Å². The minimum atomic E-state index is -3.57. The molecule has 1 atom stereocenters. The highest BCUT2D eigenvalue weighted by Crippen LogP contribution is 2.33. The summed E-state index contributed by atoms with van der Waals surface area (Å²) in [6, 6.07) is 12.3. The van der Waals surface area contributed by atoms with Crippen LogP contribution in [0.5, 0.6) is 5.75 Å². The number of benzene rings is 2. The van der Waals surface area contributed by atoms with Crippen molar-refractivity contribution in [2.75, 3.05) is 24.6 Å². The molecule has 160 valence electrons. The molecule has 2 aliphatic heterocycles. The van der Waals surface area contributed by atoms with Crippen molar-refractivity contribution >= 4 is 33.2 Å². The molecule has 2 aromatic rings. The van der Waals surface area contributed by atoms with E-state index in [4.69, 9.17) is 16.3 Å². The Labute approximate surface area is 182 Å². The summed E-state index contributed by atoms with van der Waals surface area (Å²) in [5, 5.41) is 0.177. The second kappa shape index (κ2) is 8.57. The highest BCUT2D eigenvalue weighted by atomic mass is 35.5. The van der Waals surface area contributed by atoms with Crippen LogP contribution in [0.1, 0.15) is 31.7 Å². The summed E-state index contributed by atoms with van der Waals surface area (Å²) in [5.74, 6) is 0.135. The zero-order valence-electron chi connectivity index (χ0n) is 16.9. The van der Waals surface area contributed by atoms with Gasteiger partial charge in [-0.05, 0) is 56.0 Å². The largest absolute Gasteiger partial charge is 0.482 e. The lowest BCUT2D eigenvalue weighted by atomic mass is 10.1. The molecule has 6 nitrogen and oxygen atoms in total. The highest BCUT2D eigenvalue weighted by molar-refractivity contribution is 7.89. The Bertz CT molecular complexity index is 1050. The van der Waals surface area contributed by atoms with Crippen LogP contribution in [0, 0.1) is 0 Å². The SMILES string of the molecule is C[C@@H]1Cc2ccccc2N1C(=O)COc1ccc(S(=O)(=O)N2CCCCC2)cc1Cl. The summed E-state index contributed by atoms with van der Waals surface area (Å²) in [7, 11) is -3.57. The van der Waals surface area contributed by atoms with Crippen LogP contribution >= 0.6 is 11.6 Å². The zero-order chi connectivity index (χ0) is 21.3. The Morgan fingerprint density at radius 3 is 2.60 bits per heavy atom. The number of sulfonamides is 1. The number of carbonyl (C=O) groups is 1. The van der Waals surface area contributed by atoms with Crippen molar-refractivity contribution in [3.05, 3.63) is 53.1 Å². The van der Waals surface area contributed by atoms with E-state index in [0.717, 1.165) is 36.9 Å². The maximum atomic E-state index is 12.8. The van der Waals surface area contributed by atoms with Crippen LogP contribution in [-0.4, -0.2) is 44.4 Å². The van der Waals surface area contributed by atoms with Gasteiger partial charge in [-0.15, -0.1) is 0 Å². The molecule has 4 rings (SSSR count). The second-order valence-electron chi connectivity index (χ2n) is 7.79. The third-order valence-electron chi connectivity index (χ3n) is 5.68. The first-order chi connectivity index (χ1) is 14.4. The Morgan fingerprint density at radius 2 is 1.87 bits per heavy atom. The standard InChI is InChI=1S/C22H25ClN2O4S/c1-16-13-17-7-3-4-8-20(17)25(16)22(26)15-29-21-10-9-18(14-19(21)23)30(27,28)24-11-5-2-6-12-24/h3-4,7-10,14,16H,2,5-6,11-13,15H2,1H3/t16-/m1/s1. The summed E-state index contributed by atoms with van der Waals surface area (Å²) < 4.78 is 32.8. The van der Waals surface area contributed by atoms with Gasteiger partial charge in [0.25, 0.3) is 5.91 Å². The number of halogens is 1. The van der Waals surface area contributed by atoms with Gasteiger partial charge in [0.15, 0.2) is 6.61 Å². The smallest absolute Gasteiger partial charge is 0.265 e. The summed E-state index contributed by atoms with van der Waals surface area (Å²) in [6.45, 7) is 2.89. The molecule has 1 amide bonds. The molecule has 0 unspecified atom stereocenters. The number of amides is 1. The fourth-order valence-corrected chi connectivity index (χ4v) is 6.01. The van der Waals surface area contributed by atoms with Gasteiger partial charge in [0.2, 0.25) is 10.0 Å². The van der Waals surface area contributed by atoms with E-state index < -0.39 is 10.0 Å². The average Bonchev–Trinajstić information content (AvgIpc) is 3.09. The van der Waals surface area contributed by atoms with E-state index in [2.05, 4.69) is 0 Å². The molecule has 0 saturated carbocycles. The number of rotatable bonds is 5. The molecule has 0 radical (unpaired) electrons. The van der Waals surface area contributed by atoms with E-state index in [1.807, 2.05) is 31.2 Å². The van der Waals surface area contributed by atoms with Crippen LogP contribution in [0.25, 0.3) is 0 Å². The minimum Gasteiger partial charge on any atom is -0.482 e. The molecule has 1 fully saturated rings. The summed E-state index contributed by atoms with van der Waals surface area (Å²) >= 11 is 6.29. The van der Waals surface area contributed by atoms with Gasteiger partial charge in [-0.2, -0.15) is 4.31 Å². The van der Waals surface area contributed by atoms with Crippen molar-refractivity contribution < 1.29 is 17.9 Å². The average molecular weight is 449 g/mol. The minimum absolute atomic E-state index is 0.0611. The van der Waals surface area contributed by atoms with E-state index >= 15 is 0 Å². The summed E-state index contributed by atoms with van der Waals surface area (Å²) in [5.41, 5.74) is 2.05. The number of hydrogen-bond acceptors (Lipinski definition) is 4. The molecule has 2 heterocycles. The number of hydrogen-bond donors (Lipinski definition) is 0. The third kappa shape index (κ3) is 4.06. The molecule has 0 spiro atoms. The van der Waals surface area contributed by atoms with E-state index in [1.54, 1.807) is 4.90 Å². The molecule has 0 N–H and O–H groups in total. The van der Waals surface area contributed by atoms with Crippen molar-refractivity contribution in [2.24, 2.45) is 0 Å². The van der Waals surface area contributed by atoms with Gasteiger partial charge in [-0.1, -0.05) is 36.2 Å². The first kappa shape index (κ1) is 21.2. The monoisotopic (exact) mass is 448 g/mol. The lowest BCUT2D eigenvalue weighted by molar-refractivity contribution is -0.120. The van der Waals surface area contributed by atoms with Crippen molar-refractivity contribution in [3.8, 4) is 5.75 Å². The molecular weight excluding hydrogens is 424 g/mol. The van der Waals surface area contributed by atoms with Crippen LogP contribution in [0.4, 0.5) is 5.69 Å². The quantitative estimate of drug-likeness (QED) is 0.696. The van der Waals surface area contributed by atoms with Crippen LogP contribution in [-0.2, 0) is 21.2 Å². The molecular formula is C22H25ClN2O4S. The first-order valence-corrected chi connectivity index (χ1v) is 12.0. The van der Waals surface area contributed by atoms with Crippen molar-refractivity contribution in [2.45, 2.75) is 43.5 Å². The van der Waals surface area contributed by atoms with Gasteiger partial charge < -0.3 is 9.64 Å². The Kier molecular flexibility index (Phi) is 6.04. The van der Waals surface area contributed by atoms with E-state index in [-0.39, 0.29) is 28.5 Å². The molecule has 8 heteroatoms. The maximum Gasteiger partial charge on any atom is 0.265 e. The molecule has 0 aromatic heterocycles. The van der Waals surface area contributed by atoms with Crippen molar-refractivity contribution in [1.82, 2.24) is 4.31 Å². The maximum absolute atomic E-state index is 12.8. The molecule has 0 aliphatic carbocycles. The molecule has 2 aliphatic rings. The molecule has 0 bridgehead atoms. The van der Waals surface area contributed by atoms with Gasteiger partial charge in [0.05, 0.1) is 9.92 Å². The Hall–Kier alpha value is -2.09. The van der Waals surface area contributed by atoms with Gasteiger partial charge in [0, 0.05) is 24.8 Å². The molecule has 1 saturated heterocycles. The van der Waals surface area contributed by atoms with Gasteiger partial charge in [-0.3, -0.25) is 4.79 Å². The van der Waals surface area contributed by atoms with E-state index in [9.17, 15) is 13.2 Å². The number of para-hydroxylation sites is 1. The Morgan fingerprint density at radius 1 is 1.13 bits per heavy atom. The van der Waals surface area contributed by atoms with Crippen LogP contribution in [0.2, 0.25) is 5.02 Å². The van der Waals surface area contributed by atoms with Crippen LogP contribution in [0.3, 0.4) is 0 Å². The molecule has 30 heavy (non-hydrogen) atoms. The first-order valence-electron chi connectivity index (χ1n) is 10.2. The second-order valence-corrected chi connectivity index (χ2v) is 10.1. The zero-order valence-corrected chi connectivity index (χ0v) is 18.5. The molecule has 2 aromatic carbocycles. The fourth-order valence-electron chi connectivity index (χ4n) is 4.17. The van der Waals surface area contributed by atoms with Crippen molar-refractivity contribution in [3.63, 3.8) is 0 Å². The topological polar surface area (TPSA) is 66.9 Å². The number of carbonyl (C=O) groups excluding carboxylic acids is 1. The van der Waals surface area contributed by atoms with E-state index in [0.29, 0.717) is 18.8 Å². The van der Waals surface area contributed by atoms with Crippen LogP contribution in [0.15, 0.2) is 47.4 Å². The number of ether oxygens (including phenoxy) is 1. The van der Waals surface area contributed by atoms with E-state index in [1.165, 1.54) is 22.5 Å². The number of piperidine rings is 1. The van der Waals surface area contributed by atoms with Gasteiger partial charge in [-0.25, -0.2) is 8.42 Å². The van der Waals surface area contributed by atoms with Gasteiger partial charge in [0.1, 0.15) is 5.75 Å². The Balaban J connectivity index is 1.45. The predicted octanol–water partition coefficient (Wildman–Crippen LogP) is 3.87. The highest BCUT2D eigenvalue weighted by Gasteiger charge is 2.31.